The Labute approximate surface area is 259 Å². The molecule has 2 aromatic heterocycles. The summed E-state index contributed by atoms with van der Waals surface area (Å²) in [5.41, 5.74) is -0.272. The van der Waals surface area contributed by atoms with Gasteiger partial charge in [0.15, 0.2) is 5.69 Å². The van der Waals surface area contributed by atoms with Crippen LogP contribution in [0.3, 0.4) is 0 Å². The molecule has 2 heterocycles. The fourth-order valence-electron chi connectivity index (χ4n) is 4.51. The second-order valence-electron chi connectivity index (χ2n) is 11.1. The fourth-order valence-corrected chi connectivity index (χ4v) is 4.63. The van der Waals surface area contributed by atoms with E-state index in [1.54, 1.807) is 57.2 Å². The largest absolute Gasteiger partial charge is 0.491 e. The van der Waals surface area contributed by atoms with E-state index in [0.29, 0.717) is 36.5 Å². The molecule has 1 aromatic carbocycles. The maximum Gasteiger partial charge on any atom is 0.407 e. The number of carbonyl (C=O) groups excluding carboxylic acids is 3. The zero-order valence-corrected chi connectivity index (χ0v) is 25.4. The van der Waals surface area contributed by atoms with Crippen LogP contribution >= 0.6 is 11.6 Å². The Balaban J connectivity index is 1.46. The number of carbonyl (C=O) groups is 3. The van der Waals surface area contributed by atoms with E-state index in [1.807, 2.05) is 0 Å². The van der Waals surface area contributed by atoms with E-state index >= 15 is 0 Å². The second-order valence-corrected chi connectivity index (χ2v) is 11.5. The quantitative estimate of drug-likeness (QED) is 0.241. The molecule has 1 saturated carbocycles. The number of hydrogen-bond donors (Lipinski definition) is 3. The number of amides is 3. The summed E-state index contributed by atoms with van der Waals surface area (Å²) in [4.78, 5) is 46.9. The van der Waals surface area contributed by atoms with Crippen molar-refractivity contribution in [3.05, 3.63) is 71.1 Å². The smallest absolute Gasteiger partial charge is 0.407 e. The topological polar surface area (TPSA) is 141 Å². The van der Waals surface area contributed by atoms with Crippen molar-refractivity contribution in [2.75, 3.05) is 23.9 Å². The zero-order chi connectivity index (χ0) is 31.7. The summed E-state index contributed by atoms with van der Waals surface area (Å²) in [5.74, 6) is -0.296. The highest BCUT2D eigenvalue weighted by Gasteiger charge is 2.27. The number of alkyl halides is 1. The summed E-state index contributed by atoms with van der Waals surface area (Å²) in [6.07, 6.45) is 4.64. The Hall–Kier alpha value is -4.45. The molecule has 0 radical (unpaired) electrons. The van der Waals surface area contributed by atoms with E-state index in [1.165, 1.54) is 18.5 Å². The molecule has 4 rings (SSSR count). The van der Waals surface area contributed by atoms with Gasteiger partial charge in [-0.3, -0.25) is 9.59 Å². The first-order chi connectivity index (χ1) is 21.0. The molecule has 0 unspecified atom stereocenters. The van der Waals surface area contributed by atoms with Crippen molar-refractivity contribution in [2.45, 2.75) is 64.2 Å². The summed E-state index contributed by atoms with van der Waals surface area (Å²) in [5, 5.41) is 8.68. The molecule has 234 valence electrons. The van der Waals surface area contributed by atoms with E-state index in [9.17, 15) is 18.8 Å². The third kappa shape index (κ3) is 9.53. The average Bonchev–Trinajstić information content (AvgIpc) is 2.97. The van der Waals surface area contributed by atoms with Crippen LogP contribution in [0.2, 0.25) is 5.02 Å². The molecular formula is C31H35ClFN5O6. The fraction of sp³-hybridized carbons (Fsp3) is 0.387. The Morgan fingerprint density at radius 2 is 1.77 bits per heavy atom. The van der Waals surface area contributed by atoms with Gasteiger partial charge in [-0.15, -0.1) is 0 Å². The molecule has 13 heteroatoms. The zero-order valence-electron chi connectivity index (χ0n) is 24.7. The third-order valence-corrected chi connectivity index (χ3v) is 6.70. The lowest BCUT2D eigenvalue weighted by Crippen LogP contribution is -2.42. The van der Waals surface area contributed by atoms with Crippen LogP contribution in [0.25, 0.3) is 0 Å². The summed E-state index contributed by atoms with van der Waals surface area (Å²) in [6.45, 7) is 4.59. The molecule has 1 aliphatic carbocycles. The molecule has 3 aromatic rings. The van der Waals surface area contributed by atoms with Gasteiger partial charge in [-0.05, 0) is 82.9 Å². The molecule has 11 nitrogen and oxygen atoms in total. The van der Waals surface area contributed by atoms with Crippen molar-refractivity contribution >= 4 is 41.0 Å². The van der Waals surface area contributed by atoms with Crippen LogP contribution in [0.4, 0.5) is 20.7 Å². The van der Waals surface area contributed by atoms with E-state index in [4.69, 9.17) is 25.8 Å². The maximum absolute atomic E-state index is 13.5. The Bertz CT molecular complexity index is 1460. The van der Waals surface area contributed by atoms with E-state index in [2.05, 4.69) is 25.9 Å². The number of ether oxygens (including phenoxy) is 3. The first kappa shape index (κ1) is 32.5. The second kappa shape index (κ2) is 14.8. The molecule has 0 saturated heterocycles. The van der Waals surface area contributed by atoms with Crippen LogP contribution < -0.4 is 25.4 Å². The molecule has 0 spiro atoms. The lowest BCUT2D eigenvalue weighted by molar-refractivity contribution is 0.0469. The standard InChI is InChI=1S/C31H35ClFN5O6/c1-31(2,3)44-30(41)36-20-7-9-21(10-8-20)43-25-17-22(42-16-14-33)11-12-23(25)28(39)37-24-5-4-15-34-27(24)29(40)38-26-13-6-19(32)18-35-26/h4-6,11-13,15,17-18,20-21H,7-10,14,16H2,1-3H3,(H,36,41)(H,37,39)(H,35,38,40)/t20-,21+. The predicted molar refractivity (Wildman–Crippen MR) is 163 cm³/mol. The summed E-state index contributed by atoms with van der Waals surface area (Å²) < 4.78 is 29.8. The molecule has 1 aliphatic rings. The number of nitrogens with zero attached hydrogens (tertiary/aromatic N) is 2. The minimum atomic E-state index is -0.676. The Morgan fingerprint density at radius 1 is 1.00 bits per heavy atom. The van der Waals surface area contributed by atoms with Crippen molar-refractivity contribution < 1.29 is 33.0 Å². The third-order valence-electron chi connectivity index (χ3n) is 6.47. The SMILES string of the molecule is CC(C)(C)OC(=O)N[C@H]1CC[C@@H](Oc2cc(OCCF)ccc2C(=O)Nc2cccnc2C(=O)Nc2ccc(Cl)cn2)CC1. The van der Waals surface area contributed by atoms with Gasteiger partial charge >= 0.3 is 6.09 Å². The maximum atomic E-state index is 13.5. The minimum absolute atomic E-state index is 0.0289. The van der Waals surface area contributed by atoms with Crippen LogP contribution in [0.5, 0.6) is 11.5 Å². The highest BCUT2D eigenvalue weighted by molar-refractivity contribution is 6.30. The van der Waals surface area contributed by atoms with Crippen molar-refractivity contribution in [3.63, 3.8) is 0 Å². The Kier molecular flexibility index (Phi) is 10.9. The van der Waals surface area contributed by atoms with Crippen molar-refractivity contribution in [2.24, 2.45) is 0 Å². The van der Waals surface area contributed by atoms with Gasteiger partial charge in [0, 0.05) is 24.5 Å². The normalized spacial score (nSPS) is 16.4. The van der Waals surface area contributed by atoms with Gasteiger partial charge < -0.3 is 30.2 Å². The van der Waals surface area contributed by atoms with Crippen LogP contribution in [0.1, 0.15) is 67.3 Å². The number of pyridine rings is 2. The molecular weight excluding hydrogens is 593 g/mol. The number of halogens is 2. The van der Waals surface area contributed by atoms with E-state index < -0.39 is 30.2 Å². The van der Waals surface area contributed by atoms with Gasteiger partial charge in [0.1, 0.15) is 36.2 Å². The number of benzene rings is 1. The van der Waals surface area contributed by atoms with E-state index in [0.717, 1.165) is 0 Å². The van der Waals surface area contributed by atoms with Gasteiger partial charge in [-0.2, -0.15) is 0 Å². The highest BCUT2D eigenvalue weighted by Crippen LogP contribution is 2.31. The van der Waals surface area contributed by atoms with Gasteiger partial charge in [-0.1, -0.05) is 11.6 Å². The first-order valence-corrected chi connectivity index (χ1v) is 14.6. The lowest BCUT2D eigenvalue weighted by Gasteiger charge is -2.30. The number of rotatable bonds is 10. The van der Waals surface area contributed by atoms with Gasteiger partial charge in [0.2, 0.25) is 0 Å². The molecule has 44 heavy (non-hydrogen) atoms. The number of nitrogens with one attached hydrogen (secondary N) is 3. The monoisotopic (exact) mass is 627 g/mol. The number of alkyl carbamates (subject to hydrolysis) is 1. The Morgan fingerprint density at radius 3 is 2.45 bits per heavy atom. The number of aromatic nitrogens is 2. The van der Waals surface area contributed by atoms with Crippen LogP contribution in [-0.2, 0) is 4.74 Å². The van der Waals surface area contributed by atoms with Crippen LogP contribution in [0, 0.1) is 0 Å². The van der Waals surface area contributed by atoms with Gasteiger partial charge in [0.05, 0.1) is 22.4 Å². The lowest BCUT2D eigenvalue weighted by atomic mass is 9.93. The minimum Gasteiger partial charge on any atom is -0.491 e. The number of anilines is 2. The molecule has 1 fully saturated rings. The molecule has 0 bridgehead atoms. The van der Waals surface area contributed by atoms with Crippen molar-refractivity contribution in [3.8, 4) is 11.5 Å². The number of hydrogen-bond acceptors (Lipinski definition) is 8. The molecule has 3 N–H and O–H groups in total. The van der Waals surface area contributed by atoms with Gasteiger partial charge in [0.25, 0.3) is 11.8 Å². The average molecular weight is 628 g/mol. The van der Waals surface area contributed by atoms with E-state index in [-0.39, 0.29) is 47.3 Å². The molecule has 0 atom stereocenters. The van der Waals surface area contributed by atoms with Crippen LogP contribution in [-0.4, -0.2) is 58.9 Å². The van der Waals surface area contributed by atoms with Crippen molar-refractivity contribution in [1.82, 2.24) is 15.3 Å². The predicted octanol–water partition coefficient (Wildman–Crippen LogP) is 6.20. The molecule has 3 amide bonds. The molecule has 0 aliphatic heterocycles. The summed E-state index contributed by atoms with van der Waals surface area (Å²) >= 11 is 5.87. The summed E-state index contributed by atoms with van der Waals surface area (Å²) in [7, 11) is 0. The van der Waals surface area contributed by atoms with Crippen LogP contribution in [0.15, 0.2) is 54.9 Å². The first-order valence-electron chi connectivity index (χ1n) is 14.2. The highest BCUT2D eigenvalue weighted by atomic mass is 35.5. The van der Waals surface area contributed by atoms with Crippen molar-refractivity contribution in [1.29, 1.82) is 0 Å². The van der Waals surface area contributed by atoms with Gasteiger partial charge in [-0.25, -0.2) is 19.2 Å². The summed E-state index contributed by atoms with van der Waals surface area (Å²) in [6, 6.07) is 10.8.